The van der Waals surface area contributed by atoms with Crippen LogP contribution in [0.25, 0.3) is 0 Å². The van der Waals surface area contributed by atoms with Crippen molar-refractivity contribution >= 4 is 10.2 Å². The third-order valence-electron chi connectivity index (χ3n) is 4.49. The van der Waals surface area contributed by atoms with Gasteiger partial charge in [0.2, 0.25) is 0 Å². The zero-order chi connectivity index (χ0) is 15.3. The average molecular weight is 318 g/mol. The van der Waals surface area contributed by atoms with Crippen LogP contribution >= 0.6 is 0 Å². The summed E-state index contributed by atoms with van der Waals surface area (Å²) in [6.45, 7) is 8.21. The third kappa shape index (κ3) is 4.63. The van der Waals surface area contributed by atoms with Crippen LogP contribution in [0.1, 0.15) is 32.6 Å². The van der Waals surface area contributed by atoms with Crippen molar-refractivity contribution in [2.24, 2.45) is 11.7 Å². The first kappa shape index (κ1) is 17.1. The summed E-state index contributed by atoms with van der Waals surface area (Å²) in [5, 5.41) is 0. The molecule has 0 saturated carbocycles. The number of piperidine rings is 1. The lowest BCUT2D eigenvalue weighted by molar-refractivity contribution is 0.248. The van der Waals surface area contributed by atoms with Crippen molar-refractivity contribution in [2.45, 2.75) is 32.6 Å². The van der Waals surface area contributed by atoms with Crippen molar-refractivity contribution in [3.05, 3.63) is 0 Å². The first-order chi connectivity index (χ1) is 10.0. The maximum Gasteiger partial charge on any atom is 0.282 e. The van der Waals surface area contributed by atoms with E-state index in [0.29, 0.717) is 38.6 Å². The summed E-state index contributed by atoms with van der Waals surface area (Å²) in [5.41, 5.74) is 5.68. The second kappa shape index (κ2) is 7.87. The van der Waals surface area contributed by atoms with Gasteiger partial charge >= 0.3 is 0 Å². The predicted octanol–water partition coefficient (Wildman–Crippen LogP) is 0.320. The molecule has 2 aliphatic heterocycles. The van der Waals surface area contributed by atoms with Crippen molar-refractivity contribution in [3.8, 4) is 0 Å². The quantitative estimate of drug-likeness (QED) is 0.792. The standard InChI is InChI=1S/C14H30N4O2S/c1-14(12-15)13-16-6-5-9-18(11-10-16)21(19,20)17-7-3-2-4-8-17/h14H,2-13,15H2,1H3. The van der Waals surface area contributed by atoms with Crippen LogP contribution in [-0.2, 0) is 10.2 Å². The minimum atomic E-state index is -3.25. The Balaban J connectivity index is 1.92. The van der Waals surface area contributed by atoms with E-state index in [2.05, 4.69) is 11.8 Å². The van der Waals surface area contributed by atoms with Gasteiger partial charge < -0.3 is 10.6 Å². The monoisotopic (exact) mass is 318 g/mol. The maximum atomic E-state index is 12.7. The lowest BCUT2D eigenvalue weighted by atomic mass is 10.1. The van der Waals surface area contributed by atoms with Crippen LogP contribution in [0, 0.1) is 5.92 Å². The molecule has 0 amide bonds. The van der Waals surface area contributed by atoms with Crippen LogP contribution < -0.4 is 5.73 Å². The highest BCUT2D eigenvalue weighted by Crippen LogP contribution is 2.18. The molecule has 6 nitrogen and oxygen atoms in total. The number of hydrogen-bond acceptors (Lipinski definition) is 4. The molecule has 7 heteroatoms. The van der Waals surface area contributed by atoms with Crippen LogP contribution in [-0.4, -0.2) is 74.3 Å². The van der Waals surface area contributed by atoms with Crippen molar-refractivity contribution in [2.75, 3.05) is 52.4 Å². The van der Waals surface area contributed by atoms with Crippen molar-refractivity contribution in [3.63, 3.8) is 0 Å². The van der Waals surface area contributed by atoms with E-state index in [-0.39, 0.29) is 0 Å². The Morgan fingerprint density at radius 3 is 2.19 bits per heavy atom. The van der Waals surface area contributed by atoms with Crippen LogP contribution in [0.4, 0.5) is 0 Å². The van der Waals surface area contributed by atoms with E-state index >= 15 is 0 Å². The minimum absolute atomic E-state index is 0.468. The molecule has 0 aromatic heterocycles. The third-order valence-corrected chi connectivity index (χ3v) is 6.52. The summed E-state index contributed by atoms with van der Waals surface area (Å²) in [5.74, 6) is 0.468. The number of nitrogens with zero attached hydrogens (tertiary/aromatic N) is 3. The summed E-state index contributed by atoms with van der Waals surface area (Å²) in [7, 11) is -3.25. The molecular weight excluding hydrogens is 288 g/mol. The van der Waals surface area contributed by atoms with Crippen molar-refractivity contribution in [1.29, 1.82) is 0 Å². The lowest BCUT2D eigenvalue weighted by Crippen LogP contribution is -2.47. The summed E-state index contributed by atoms with van der Waals surface area (Å²) in [4.78, 5) is 2.35. The Labute approximate surface area is 129 Å². The summed E-state index contributed by atoms with van der Waals surface area (Å²) >= 11 is 0. The second-order valence-corrected chi connectivity index (χ2v) is 8.29. The smallest absolute Gasteiger partial charge is 0.282 e. The summed E-state index contributed by atoms with van der Waals surface area (Å²) in [6.07, 6.45) is 4.04. The molecule has 21 heavy (non-hydrogen) atoms. The fourth-order valence-corrected chi connectivity index (χ4v) is 4.85. The highest BCUT2D eigenvalue weighted by molar-refractivity contribution is 7.86. The SMILES string of the molecule is CC(CN)CN1CCCN(S(=O)(=O)N2CCCCC2)CC1. The molecule has 2 rings (SSSR count). The van der Waals surface area contributed by atoms with Gasteiger partial charge in [0, 0.05) is 39.3 Å². The molecule has 1 atom stereocenters. The number of rotatable bonds is 5. The molecule has 2 fully saturated rings. The maximum absolute atomic E-state index is 12.7. The Bertz CT molecular complexity index is 409. The van der Waals surface area contributed by atoms with Gasteiger partial charge in [0.05, 0.1) is 0 Å². The Kier molecular flexibility index (Phi) is 6.43. The van der Waals surface area contributed by atoms with E-state index in [1.807, 2.05) is 0 Å². The van der Waals surface area contributed by atoms with Crippen LogP contribution in [0.2, 0.25) is 0 Å². The fraction of sp³-hybridized carbons (Fsp3) is 1.00. The molecule has 0 spiro atoms. The van der Waals surface area contributed by atoms with Crippen LogP contribution in [0.15, 0.2) is 0 Å². The van der Waals surface area contributed by atoms with Gasteiger partial charge in [-0.25, -0.2) is 0 Å². The van der Waals surface area contributed by atoms with Crippen molar-refractivity contribution in [1.82, 2.24) is 13.5 Å². The molecular formula is C14H30N4O2S. The minimum Gasteiger partial charge on any atom is -0.330 e. The highest BCUT2D eigenvalue weighted by atomic mass is 32.2. The first-order valence-electron chi connectivity index (χ1n) is 8.21. The molecule has 0 aromatic rings. The molecule has 1 unspecified atom stereocenters. The summed E-state index contributed by atoms with van der Waals surface area (Å²) < 4.78 is 28.7. The molecule has 0 radical (unpaired) electrons. The van der Waals surface area contributed by atoms with E-state index in [1.165, 1.54) is 0 Å². The van der Waals surface area contributed by atoms with Gasteiger partial charge in [0.15, 0.2) is 0 Å². The zero-order valence-electron chi connectivity index (χ0n) is 13.2. The van der Waals surface area contributed by atoms with E-state index in [0.717, 1.165) is 45.3 Å². The fourth-order valence-electron chi connectivity index (χ4n) is 3.13. The van der Waals surface area contributed by atoms with Crippen LogP contribution in [0.5, 0.6) is 0 Å². The van der Waals surface area contributed by atoms with Crippen molar-refractivity contribution < 1.29 is 8.42 Å². The van der Waals surface area contributed by atoms with Gasteiger partial charge in [-0.3, -0.25) is 0 Å². The van der Waals surface area contributed by atoms with Crippen LogP contribution in [0.3, 0.4) is 0 Å². The average Bonchev–Trinajstić information content (AvgIpc) is 2.74. The second-order valence-electron chi connectivity index (χ2n) is 6.36. The molecule has 0 aliphatic carbocycles. The highest BCUT2D eigenvalue weighted by Gasteiger charge is 2.31. The largest absolute Gasteiger partial charge is 0.330 e. The molecule has 2 aliphatic rings. The molecule has 2 saturated heterocycles. The van der Waals surface area contributed by atoms with Gasteiger partial charge in [0.1, 0.15) is 0 Å². The van der Waals surface area contributed by atoms with Gasteiger partial charge in [-0.1, -0.05) is 13.3 Å². The van der Waals surface area contributed by atoms with Gasteiger partial charge in [-0.05, 0) is 38.3 Å². The normalized spacial score (nSPS) is 25.6. The van der Waals surface area contributed by atoms with Gasteiger partial charge in [-0.15, -0.1) is 0 Å². The van der Waals surface area contributed by atoms with E-state index < -0.39 is 10.2 Å². The zero-order valence-corrected chi connectivity index (χ0v) is 14.0. The lowest BCUT2D eigenvalue weighted by Gasteiger charge is -2.31. The van der Waals surface area contributed by atoms with E-state index in [1.54, 1.807) is 8.61 Å². The summed E-state index contributed by atoms with van der Waals surface area (Å²) in [6, 6.07) is 0. The number of nitrogens with two attached hydrogens (primary N) is 1. The first-order valence-corrected chi connectivity index (χ1v) is 9.61. The van der Waals surface area contributed by atoms with E-state index in [9.17, 15) is 8.42 Å². The number of hydrogen-bond donors (Lipinski definition) is 1. The molecule has 0 aromatic carbocycles. The molecule has 2 N–H and O–H groups in total. The molecule has 0 bridgehead atoms. The van der Waals surface area contributed by atoms with E-state index in [4.69, 9.17) is 5.73 Å². The van der Waals surface area contributed by atoms with Gasteiger partial charge in [-0.2, -0.15) is 17.0 Å². The Morgan fingerprint density at radius 2 is 1.52 bits per heavy atom. The topological polar surface area (TPSA) is 69.9 Å². The Morgan fingerprint density at radius 1 is 0.905 bits per heavy atom. The predicted molar refractivity (Wildman–Crippen MR) is 85.2 cm³/mol. The molecule has 2 heterocycles. The van der Waals surface area contributed by atoms with Gasteiger partial charge in [0.25, 0.3) is 10.2 Å². The molecule has 124 valence electrons. The Hall–Kier alpha value is -0.210.